The van der Waals surface area contributed by atoms with Crippen LogP contribution in [0.4, 0.5) is 0 Å². The lowest BCUT2D eigenvalue weighted by molar-refractivity contribution is -0.137. The van der Waals surface area contributed by atoms with E-state index in [0.29, 0.717) is 31.7 Å². The van der Waals surface area contributed by atoms with Crippen LogP contribution < -0.4 is 10.6 Å². The molecule has 170 valence electrons. The van der Waals surface area contributed by atoms with Gasteiger partial charge in [-0.25, -0.2) is 0 Å². The Hall–Kier alpha value is -1.52. The number of carbonyl (C=O) groups excluding carboxylic acids is 4. The molecular weight excluding hydrogens is 426 g/mol. The molecule has 1 heterocycles. The maximum absolute atomic E-state index is 12.3. The predicted molar refractivity (Wildman–Crippen MR) is 121 cm³/mol. The summed E-state index contributed by atoms with van der Waals surface area (Å²) in [5, 5.41) is 5.64. The van der Waals surface area contributed by atoms with Crippen molar-refractivity contribution < 1.29 is 23.9 Å². The molecular formula is C20H33N3O5S2. The van der Waals surface area contributed by atoms with Crippen molar-refractivity contribution in [1.82, 2.24) is 15.5 Å². The number of ether oxygens (including phenoxy) is 1. The van der Waals surface area contributed by atoms with Crippen molar-refractivity contribution in [3.05, 3.63) is 12.2 Å². The Morgan fingerprint density at radius 3 is 2.33 bits per heavy atom. The summed E-state index contributed by atoms with van der Waals surface area (Å²) in [5.41, 5.74) is -0.949. The second-order valence-electron chi connectivity index (χ2n) is 8.30. The number of nitrogens with one attached hydrogen (secondary N) is 2. The number of hydrogen-bond acceptors (Lipinski definition) is 7. The van der Waals surface area contributed by atoms with Gasteiger partial charge in [0.2, 0.25) is 11.8 Å². The Kier molecular flexibility index (Phi) is 10.9. The smallest absolute Gasteiger partial charge is 0.253 e. The molecule has 0 radical (unpaired) electrons. The van der Waals surface area contributed by atoms with Crippen LogP contribution >= 0.6 is 22.5 Å². The topological polar surface area (TPSA) is 105 Å². The molecule has 1 aliphatic rings. The van der Waals surface area contributed by atoms with Crippen LogP contribution in [0.3, 0.4) is 0 Å². The molecule has 1 rings (SSSR count). The lowest BCUT2D eigenvalue weighted by Crippen LogP contribution is -2.45. The van der Waals surface area contributed by atoms with Gasteiger partial charge in [0.25, 0.3) is 11.8 Å². The van der Waals surface area contributed by atoms with Gasteiger partial charge in [-0.3, -0.25) is 24.1 Å². The third-order valence-electron chi connectivity index (χ3n) is 4.84. The zero-order chi connectivity index (χ0) is 22.8. The molecule has 8 nitrogen and oxygen atoms in total. The highest BCUT2D eigenvalue weighted by Gasteiger charge is 2.30. The summed E-state index contributed by atoms with van der Waals surface area (Å²) >= 11 is 4.03. The molecule has 0 aromatic heterocycles. The van der Waals surface area contributed by atoms with Crippen LogP contribution in [0.2, 0.25) is 0 Å². The highest BCUT2D eigenvalue weighted by Crippen LogP contribution is 2.25. The van der Waals surface area contributed by atoms with Crippen molar-refractivity contribution >= 4 is 46.1 Å². The molecule has 0 saturated heterocycles. The fourth-order valence-corrected chi connectivity index (χ4v) is 3.22. The molecule has 0 aliphatic carbocycles. The molecule has 30 heavy (non-hydrogen) atoms. The SMILES string of the molecule is CCC(C)(CNC(=O)CCSS)OCC(C)(C)CC(=O)NCCN1C(=O)C=CC1=O. The second kappa shape index (κ2) is 12.4. The van der Waals surface area contributed by atoms with Gasteiger partial charge in [0.15, 0.2) is 0 Å². The van der Waals surface area contributed by atoms with E-state index in [2.05, 4.69) is 22.3 Å². The summed E-state index contributed by atoms with van der Waals surface area (Å²) in [6.45, 7) is 8.89. The maximum atomic E-state index is 12.3. The molecule has 10 heteroatoms. The first kappa shape index (κ1) is 26.5. The average molecular weight is 460 g/mol. The zero-order valence-corrected chi connectivity index (χ0v) is 19.9. The predicted octanol–water partition coefficient (Wildman–Crippen LogP) is 1.71. The Bertz CT molecular complexity index is 651. The van der Waals surface area contributed by atoms with Gasteiger partial charge in [0.1, 0.15) is 0 Å². The fraction of sp³-hybridized carbons (Fsp3) is 0.700. The number of thiol groups is 1. The number of nitrogens with zero attached hydrogens (tertiary/aromatic N) is 1. The monoisotopic (exact) mass is 459 g/mol. The summed E-state index contributed by atoms with van der Waals surface area (Å²) in [6.07, 6.45) is 3.79. The Morgan fingerprint density at radius 2 is 1.77 bits per heavy atom. The third-order valence-corrected chi connectivity index (χ3v) is 5.77. The molecule has 0 aromatic carbocycles. The van der Waals surface area contributed by atoms with Crippen LogP contribution in [0, 0.1) is 5.41 Å². The van der Waals surface area contributed by atoms with Crippen molar-refractivity contribution in [3.8, 4) is 0 Å². The van der Waals surface area contributed by atoms with Crippen LogP contribution in [-0.2, 0) is 23.9 Å². The van der Waals surface area contributed by atoms with Crippen molar-refractivity contribution in [2.45, 2.75) is 52.6 Å². The molecule has 1 unspecified atom stereocenters. The van der Waals surface area contributed by atoms with Crippen molar-refractivity contribution in [3.63, 3.8) is 0 Å². The van der Waals surface area contributed by atoms with E-state index in [1.54, 1.807) is 0 Å². The van der Waals surface area contributed by atoms with Gasteiger partial charge < -0.3 is 15.4 Å². The fourth-order valence-electron chi connectivity index (χ4n) is 2.67. The number of imide groups is 1. The first-order valence-electron chi connectivity index (χ1n) is 9.99. The molecule has 1 atom stereocenters. The van der Waals surface area contributed by atoms with Crippen LogP contribution in [0.25, 0.3) is 0 Å². The van der Waals surface area contributed by atoms with Gasteiger partial charge in [-0.1, -0.05) is 31.6 Å². The summed E-state index contributed by atoms with van der Waals surface area (Å²) in [5.74, 6) is -0.288. The second-order valence-corrected chi connectivity index (χ2v) is 9.75. The molecule has 0 saturated carbocycles. The maximum Gasteiger partial charge on any atom is 0.253 e. The normalized spacial score (nSPS) is 16.0. The van der Waals surface area contributed by atoms with E-state index in [1.807, 2.05) is 27.7 Å². The van der Waals surface area contributed by atoms with Crippen molar-refractivity contribution in [2.24, 2.45) is 5.41 Å². The largest absolute Gasteiger partial charge is 0.373 e. The van der Waals surface area contributed by atoms with Gasteiger partial charge in [0, 0.05) is 50.4 Å². The van der Waals surface area contributed by atoms with Crippen LogP contribution in [0.5, 0.6) is 0 Å². The lowest BCUT2D eigenvalue weighted by Gasteiger charge is -2.34. The van der Waals surface area contributed by atoms with Crippen molar-refractivity contribution in [1.29, 1.82) is 0 Å². The first-order chi connectivity index (χ1) is 14.0. The van der Waals surface area contributed by atoms with E-state index in [0.717, 1.165) is 4.90 Å². The van der Waals surface area contributed by atoms with E-state index in [4.69, 9.17) is 4.74 Å². The quantitative estimate of drug-likeness (QED) is 0.208. The minimum absolute atomic E-state index is 0.0383. The van der Waals surface area contributed by atoms with Gasteiger partial charge in [-0.2, -0.15) is 0 Å². The Labute approximate surface area is 187 Å². The Morgan fingerprint density at radius 1 is 1.13 bits per heavy atom. The van der Waals surface area contributed by atoms with Crippen LogP contribution in [-0.4, -0.2) is 66.1 Å². The minimum atomic E-state index is -0.527. The average Bonchev–Trinajstić information content (AvgIpc) is 3.01. The number of rotatable bonds is 14. The van der Waals surface area contributed by atoms with Gasteiger partial charge >= 0.3 is 0 Å². The lowest BCUT2D eigenvalue weighted by atomic mass is 9.89. The Balaban J connectivity index is 2.39. The molecule has 2 N–H and O–H groups in total. The number of amides is 4. The molecule has 0 fully saturated rings. The highest BCUT2D eigenvalue weighted by molar-refractivity contribution is 8.68. The van der Waals surface area contributed by atoms with E-state index in [9.17, 15) is 19.2 Å². The van der Waals surface area contributed by atoms with Gasteiger partial charge in [-0.15, -0.1) is 11.7 Å². The third kappa shape index (κ3) is 9.53. The molecule has 0 bridgehead atoms. The standard InChI is InChI=1S/C20H33N3O5S2/c1-5-20(4,13-22-15(24)8-11-30-29)28-14-19(2,3)12-16(25)21-9-10-23-17(26)6-7-18(23)27/h6-7,29H,5,8-14H2,1-4H3,(H,21,25)(H,22,24). The summed E-state index contributed by atoms with van der Waals surface area (Å²) in [6, 6.07) is 0. The summed E-state index contributed by atoms with van der Waals surface area (Å²) in [4.78, 5) is 48.2. The van der Waals surface area contributed by atoms with E-state index in [-0.39, 0.29) is 43.1 Å². The minimum Gasteiger partial charge on any atom is -0.373 e. The molecule has 0 aromatic rings. The van der Waals surface area contributed by atoms with Crippen molar-refractivity contribution in [2.75, 3.05) is 32.0 Å². The number of hydrogen-bond donors (Lipinski definition) is 3. The number of carbonyl (C=O) groups is 4. The van der Waals surface area contributed by atoms with E-state index in [1.165, 1.54) is 22.9 Å². The molecule has 4 amide bonds. The van der Waals surface area contributed by atoms with Crippen LogP contribution in [0.1, 0.15) is 47.0 Å². The van der Waals surface area contributed by atoms with Gasteiger partial charge in [0.05, 0.1) is 12.2 Å². The molecule has 0 spiro atoms. The van der Waals surface area contributed by atoms with Gasteiger partial charge in [-0.05, 0) is 18.8 Å². The summed E-state index contributed by atoms with van der Waals surface area (Å²) in [7, 11) is 1.33. The molecule has 1 aliphatic heterocycles. The van der Waals surface area contributed by atoms with E-state index < -0.39 is 11.0 Å². The van der Waals surface area contributed by atoms with Crippen LogP contribution in [0.15, 0.2) is 12.2 Å². The summed E-state index contributed by atoms with van der Waals surface area (Å²) < 4.78 is 6.09. The first-order valence-corrected chi connectivity index (χ1v) is 12.0. The highest BCUT2D eigenvalue weighted by atomic mass is 33.1. The van der Waals surface area contributed by atoms with E-state index >= 15 is 0 Å². The zero-order valence-electron chi connectivity index (χ0n) is 18.2.